The predicted molar refractivity (Wildman–Crippen MR) is 108 cm³/mol. The van der Waals surface area contributed by atoms with Gasteiger partial charge in [0.2, 0.25) is 0 Å². The van der Waals surface area contributed by atoms with Crippen LogP contribution in [0, 0.1) is 0 Å². The minimum atomic E-state index is -0.0448. The van der Waals surface area contributed by atoms with Crippen LogP contribution >= 0.6 is 35.0 Å². The highest BCUT2D eigenvalue weighted by Crippen LogP contribution is 2.40. The number of rotatable bonds is 2. The first kappa shape index (κ1) is 18.6. The van der Waals surface area contributed by atoms with Crippen molar-refractivity contribution in [2.24, 2.45) is 0 Å². The van der Waals surface area contributed by atoms with Gasteiger partial charge in [-0.3, -0.25) is 4.79 Å². The summed E-state index contributed by atoms with van der Waals surface area (Å²) in [6.07, 6.45) is 0. The lowest BCUT2D eigenvalue weighted by atomic mass is 9.86. The zero-order valence-corrected chi connectivity index (χ0v) is 16.9. The number of thioether (sulfide) groups is 1. The smallest absolute Gasteiger partial charge is 0.256 e. The molecule has 1 heterocycles. The molecule has 2 aromatic rings. The second kappa shape index (κ2) is 7.22. The summed E-state index contributed by atoms with van der Waals surface area (Å²) in [5, 5.41) is 0.955. The largest absolute Gasteiger partial charge is 0.322 e. The van der Waals surface area contributed by atoms with Gasteiger partial charge in [0.25, 0.3) is 5.91 Å². The number of nitrogens with zero attached hydrogens (tertiary/aromatic N) is 1. The van der Waals surface area contributed by atoms with Gasteiger partial charge in [0.05, 0.1) is 10.6 Å². The van der Waals surface area contributed by atoms with E-state index >= 15 is 0 Å². The number of hydrogen-bond acceptors (Lipinski definition) is 2. The first-order valence-electron chi connectivity index (χ1n) is 8.25. The molecule has 1 amide bonds. The van der Waals surface area contributed by atoms with E-state index in [1.807, 2.05) is 4.90 Å². The third kappa shape index (κ3) is 3.99. The van der Waals surface area contributed by atoms with Gasteiger partial charge in [0.1, 0.15) is 5.37 Å². The lowest BCUT2D eigenvalue weighted by Crippen LogP contribution is -2.30. The maximum Gasteiger partial charge on any atom is 0.256 e. The summed E-state index contributed by atoms with van der Waals surface area (Å²) < 4.78 is 0. The third-order valence-electron chi connectivity index (χ3n) is 4.38. The minimum absolute atomic E-state index is 0.0215. The van der Waals surface area contributed by atoms with Gasteiger partial charge in [-0.15, -0.1) is 11.8 Å². The number of carbonyl (C=O) groups excluding carboxylic acids is 1. The lowest BCUT2D eigenvalue weighted by molar-refractivity contribution is 0.0760. The average molecular weight is 394 g/mol. The van der Waals surface area contributed by atoms with Gasteiger partial charge in [-0.2, -0.15) is 0 Å². The van der Waals surface area contributed by atoms with E-state index in [-0.39, 0.29) is 16.7 Å². The molecule has 0 N–H and O–H groups in total. The first-order chi connectivity index (χ1) is 11.8. The Bertz CT molecular complexity index is 783. The zero-order chi connectivity index (χ0) is 18.2. The van der Waals surface area contributed by atoms with E-state index in [4.69, 9.17) is 23.2 Å². The molecule has 0 spiro atoms. The van der Waals surface area contributed by atoms with Crippen molar-refractivity contribution in [2.75, 3.05) is 12.3 Å². The highest BCUT2D eigenvalue weighted by atomic mass is 35.5. The molecule has 1 aliphatic rings. The molecular weight excluding hydrogens is 373 g/mol. The molecule has 0 aliphatic carbocycles. The molecule has 0 saturated carbocycles. The van der Waals surface area contributed by atoms with Crippen LogP contribution in [-0.4, -0.2) is 23.1 Å². The summed E-state index contributed by atoms with van der Waals surface area (Å²) in [7, 11) is 0. The van der Waals surface area contributed by atoms with E-state index in [0.29, 0.717) is 22.2 Å². The Balaban J connectivity index is 1.86. The van der Waals surface area contributed by atoms with Crippen molar-refractivity contribution in [3.63, 3.8) is 0 Å². The van der Waals surface area contributed by atoms with Gasteiger partial charge in [-0.05, 0) is 34.7 Å². The van der Waals surface area contributed by atoms with Gasteiger partial charge >= 0.3 is 0 Å². The van der Waals surface area contributed by atoms with Crippen LogP contribution in [0.4, 0.5) is 0 Å². The average Bonchev–Trinajstić information content (AvgIpc) is 3.03. The summed E-state index contributed by atoms with van der Waals surface area (Å²) in [6.45, 7) is 7.31. The molecular formula is C20H21Cl2NOS. The van der Waals surface area contributed by atoms with Crippen molar-refractivity contribution in [2.45, 2.75) is 31.6 Å². The second-order valence-corrected chi connectivity index (χ2v) is 9.25. The fraction of sp³-hybridized carbons (Fsp3) is 0.350. The van der Waals surface area contributed by atoms with Crippen LogP contribution in [0.5, 0.6) is 0 Å². The lowest BCUT2D eigenvalue weighted by Gasteiger charge is -2.26. The minimum Gasteiger partial charge on any atom is -0.322 e. The predicted octanol–water partition coefficient (Wildman–Crippen LogP) is 6.18. The molecule has 1 atom stereocenters. The van der Waals surface area contributed by atoms with E-state index < -0.39 is 0 Å². The van der Waals surface area contributed by atoms with Crippen molar-refractivity contribution in [1.82, 2.24) is 4.90 Å². The highest BCUT2D eigenvalue weighted by Gasteiger charge is 2.32. The Labute approximate surface area is 163 Å². The highest BCUT2D eigenvalue weighted by molar-refractivity contribution is 7.99. The summed E-state index contributed by atoms with van der Waals surface area (Å²) in [5.74, 6) is 0.874. The van der Waals surface area contributed by atoms with Crippen LogP contribution in [0.25, 0.3) is 0 Å². The fourth-order valence-electron chi connectivity index (χ4n) is 2.92. The number of amides is 1. The molecule has 25 heavy (non-hydrogen) atoms. The molecule has 5 heteroatoms. The second-order valence-electron chi connectivity index (χ2n) is 7.22. The maximum atomic E-state index is 13.0. The Kier molecular flexibility index (Phi) is 5.38. The zero-order valence-electron chi connectivity index (χ0n) is 14.6. The number of benzene rings is 2. The molecule has 2 nitrogen and oxygen atoms in total. The van der Waals surface area contributed by atoms with E-state index in [1.165, 1.54) is 5.56 Å². The number of carbonyl (C=O) groups is 1. The monoisotopic (exact) mass is 393 g/mol. The van der Waals surface area contributed by atoms with Crippen LogP contribution in [0.2, 0.25) is 10.0 Å². The van der Waals surface area contributed by atoms with Gasteiger partial charge in [-0.25, -0.2) is 0 Å². The first-order valence-corrected chi connectivity index (χ1v) is 10.1. The van der Waals surface area contributed by atoms with Crippen molar-refractivity contribution in [3.8, 4) is 0 Å². The normalized spacial score (nSPS) is 17.8. The summed E-state index contributed by atoms with van der Waals surface area (Å²) >= 11 is 14.0. The SMILES string of the molecule is CC(C)(C)c1ccc(C2SCCN2C(=O)c2ccc(Cl)cc2Cl)cc1. The van der Waals surface area contributed by atoms with Crippen molar-refractivity contribution < 1.29 is 4.79 Å². The van der Waals surface area contributed by atoms with Crippen LogP contribution < -0.4 is 0 Å². The quantitative estimate of drug-likeness (QED) is 0.606. The molecule has 1 unspecified atom stereocenters. The number of halogens is 2. The van der Waals surface area contributed by atoms with E-state index in [2.05, 4.69) is 45.0 Å². The van der Waals surface area contributed by atoms with E-state index in [9.17, 15) is 4.79 Å². The van der Waals surface area contributed by atoms with Gasteiger partial charge in [-0.1, -0.05) is 68.2 Å². The molecule has 0 radical (unpaired) electrons. The van der Waals surface area contributed by atoms with Gasteiger partial charge in [0, 0.05) is 17.3 Å². The van der Waals surface area contributed by atoms with Crippen molar-refractivity contribution in [3.05, 3.63) is 69.2 Å². The molecule has 3 rings (SSSR count). The van der Waals surface area contributed by atoms with Crippen LogP contribution in [0.15, 0.2) is 42.5 Å². The molecule has 0 bridgehead atoms. The molecule has 1 aliphatic heterocycles. The fourth-order valence-corrected chi connectivity index (χ4v) is 4.66. The summed E-state index contributed by atoms with van der Waals surface area (Å²) in [5.41, 5.74) is 3.06. The van der Waals surface area contributed by atoms with E-state index in [0.717, 1.165) is 11.3 Å². The number of hydrogen-bond donors (Lipinski definition) is 0. The molecule has 0 aromatic heterocycles. The topological polar surface area (TPSA) is 20.3 Å². The van der Waals surface area contributed by atoms with Gasteiger partial charge < -0.3 is 4.90 Å². The Morgan fingerprint density at radius 3 is 2.40 bits per heavy atom. The Hall–Kier alpha value is -1.16. The standard InChI is InChI=1S/C20H21Cl2NOS/c1-20(2,3)14-6-4-13(5-7-14)19-23(10-11-25-19)18(24)16-9-8-15(21)12-17(16)22/h4-9,12,19H,10-11H2,1-3H3. The van der Waals surface area contributed by atoms with Crippen LogP contribution in [0.1, 0.15) is 47.6 Å². The van der Waals surface area contributed by atoms with Crippen LogP contribution in [0.3, 0.4) is 0 Å². The van der Waals surface area contributed by atoms with Crippen molar-refractivity contribution in [1.29, 1.82) is 0 Å². The third-order valence-corrected chi connectivity index (χ3v) is 6.18. The molecule has 1 fully saturated rings. The summed E-state index contributed by atoms with van der Waals surface area (Å²) in [4.78, 5) is 14.9. The van der Waals surface area contributed by atoms with Crippen LogP contribution in [-0.2, 0) is 5.41 Å². The van der Waals surface area contributed by atoms with Gasteiger partial charge in [0.15, 0.2) is 0 Å². The van der Waals surface area contributed by atoms with E-state index in [1.54, 1.807) is 30.0 Å². The summed E-state index contributed by atoms with van der Waals surface area (Å²) in [6, 6.07) is 13.6. The Morgan fingerprint density at radius 1 is 1.12 bits per heavy atom. The maximum absolute atomic E-state index is 13.0. The molecule has 1 saturated heterocycles. The molecule has 2 aromatic carbocycles. The van der Waals surface area contributed by atoms with Crippen molar-refractivity contribution >= 4 is 40.9 Å². The Morgan fingerprint density at radius 2 is 1.80 bits per heavy atom. The molecule has 132 valence electrons.